The van der Waals surface area contributed by atoms with Crippen molar-refractivity contribution in [2.45, 2.75) is 26.9 Å². The van der Waals surface area contributed by atoms with Crippen LogP contribution in [0.5, 0.6) is 5.75 Å². The fourth-order valence-corrected chi connectivity index (χ4v) is 4.84. The minimum absolute atomic E-state index is 0.148. The summed E-state index contributed by atoms with van der Waals surface area (Å²) >= 11 is 13.0. The van der Waals surface area contributed by atoms with E-state index in [0.29, 0.717) is 28.1 Å². The highest BCUT2D eigenvalue weighted by molar-refractivity contribution is 8.18. The van der Waals surface area contributed by atoms with Gasteiger partial charge in [-0.3, -0.25) is 14.5 Å². The minimum Gasteiger partial charge on any atom is -0.492 e. The number of thioether (sulfide) groups is 1. The molecular formula is C25H22Cl2N2O3S. The van der Waals surface area contributed by atoms with Gasteiger partial charge >= 0.3 is 0 Å². The summed E-state index contributed by atoms with van der Waals surface area (Å²) in [6, 6.07) is 16.8. The molecule has 3 aromatic rings. The first kappa shape index (κ1) is 23.5. The van der Waals surface area contributed by atoms with Crippen molar-refractivity contribution >= 4 is 52.2 Å². The first-order valence-electron chi connectivity index (χ1n) is 10.4. The van der Waals surface area contributed by atoms with Crippen LogP contribution in [0.3, 0.4) is 0 Å². The standard InChI is InChI=1S/C25H22Cl2N2O3S/c1-16-12-19(17(2)28(16)10-11-32-20-6-4-3-5-7-20)14-23-24(30)29(25(31)33-23)15-18-8-9-21(26)22(27)13-18/h3-9,12-14H,10-11,15H2,1-2H3/b23-14-. The topological polar surface area (TPSA) is 51.5 Å². The fraction of sp³-hybridized carbons (Fsp3) is 0.200. The van der Waals surface area contributed by atoms with E-state index < -0.39 is 0 Å². The fourth-order valence-electron chi connectivity index (χ4n) is 3.69. The van der Waals surface area contributed by atoms with Gasteiger partial charge in [0.05, 0.1) is 28.0 Å². The molecule has 33 heavy (non-hydrogen) atoms. The van der Waals surface area contributed by atoms with Gasteiger partial charge in [-0.15, -0.1) is 0 Å². The van der Waals surface area contributed by atoms with Crippen LogP contribution in [-0.2, 0) is 17.9 Å². The van der Waals surface area contributed by atoms with E-state index in [2.05, 4.69) is 4.57 Å². The minimum atomic E-state index is -0.312. The molecule has 1 aliphatic rings. The molecule has 8 heteroatoms. The average Bonchev–Trinajstić information content (AvgIpc) is 3.21. The second-order valence-electron chi connectivity index (χ2n) is 7.66. The van der Waals surface area contributed by atoms with Crippen molar-refractivity contribution in [3.63, 3.8) is 0 Å². The van der Waals surface area contributed by atoms with Gasteiger partial charge in [-0.1, -0.05) is 47.5 Å². The Labute approximate surface area is 206 Å². The maximum atomic E-state index is 12.9. The summed E-state index contributed by atoms with van der Waals surface area (Å²) in [5, 5.41) is 0.515. The summed E-state index contributed by atoms with van der Waals surface area (Å²) in [6.07, 6.45) is 1.79. The number of benzene rings is 2. The first-order chi connectivity index (χ1) is 15.8. The number of hydrogen-bond acceptors (Lipinski definition) is 4. The van der Waals surface area contributed by atoms with Crippen molar-refractivity contribution < 1.29 is 14.3 Å². The van der Waals surface area contributed by atoms with Crippen molar-refractivity contribution in [1.82, 2.24) is 9.47 Å². The average molecular weight is 501 g/mol. The van der Waals surface area contributed by atoms with E-state index >= 15 is 0 Å². The predicted octanol–water partition coefficient (Wildman–Crippen LogP) is 6.73. The number of imide groups is 1. The quantitative estimate of drug-likeness (QED) is 0.337. The lowest BCUT2D eigenvalue weighted by molar-refractivity contribution is -0.123. The second kappa shape index (κ2) is 10.1. The lowest BCUT2D eigenvalue weighted by Gasteiger charge is -2.13. The molecule has 1 aromatic heterocycles. The Morgan fingerprint density at radius 3 is 2.48 bits per heavy atom. The Hall–Kier alpha value is -2.67. The van der Waals surface area contributed by atoms with Crippen LogP contribution < -0.4 is 4.74 Å². The number of hydrogen-bond donors (Lipinski definition) is 0. The van der Waals surface area contributed by atoms with Crippen LogP contribution in [0, 0.1) is 13.8 Å². The van der Waals surface area contributed by atoms with Gasteiger partial charge in [-0.2, -0.15) is 0 Å². The van der Waals surface area contributed by atoms with Crippen molar-refractivity contribution in [3.05, 3.63) is 92.1 Å². The molecule has 0 aliphatic carbocycles. The van der Waals surface area contributed by atoms with Gasteiger partial charge in [-0.05, 0) is 73.1 Å². The molecule has 2 amide bonds. The Bertz CT molecular complexity index is 1240. The lowest BCUT2D eigenvalue weighted by Crippen LogP contribution is -2.27. The molecule has 0 atom stereocenters. The zero-order valence-corrected chi connectivity index (χ0v) is 20.5. The number of aryl methyl sites for hydroxylation is 1. The molecule has 1 aliphatic heterocycles. The highest BCUT2D eigenvalue weighted by Crippen LogP contribution is 2.35. The van der Waals surface area contributed by atoms with Crippen LogP contribution in [0.4, 0.5) is 4.79 Å². The highest BCUT2D eigenvalue weighted by Gasteiger charge is 2.35. The van der Waals surface area contributed by atoms with Crippen LogP contribution >= 0.6 is 35.0 Å². The van der Waals surface area contributed by atoms with Gasteiger partial charge in [-0.25, -0.2) is 0 Å². The zero-order chi connectivity index (χ0) is 23.5. The molecule has 0 radical (unpaired) electrons. The van der Waals surface area contributed by atoms with E-state index in [0.717, 1.165) is 40.0 Å². The summed E-state index contributed by atoms with van der Waals surface area (Å²) < 4.78 is 7.96. The molecule has 1 fully saturated rings. The molecule has 0 saturated carbocycles. The van der Waals surface area contributed by atoms with Gasteiger partial charge in [0.1, 0.15) is 12.4 Å². The van der Waals surface area contributed by atoms with Gasteiger partial charge in [0.2, 0.25) is 0 Å². The van der Waals surface area contributed by atoms with Gasteiger partial charge in [0.25, 0.3) is 11.1 Å². The summed E-state index contributed by atoms with van der Waals surface area (Å²) in [4.78, 5) is 27.1. The van der Waals surface area contributed by atoms with Crippen LogP contribution in [0.2, 0.25) is 10.0 Å². The molecule has 2 heterocycles. The summed E-state index contributed by atoms with van der Waals surface area (Å²) in [5.74, 6) is 0.518. The molecule has 0 bridgehead atoms. The SMILES string of the molecule is Cc1cc(/C=C2\SC(=O)N(Cc3ccc(Cl)c(Cl)c3)C2=O)c(C)n1CCOc1ccccc1. The number of amides is 2. The summed E-state index contributed by atoms with van der Waals surface area (Å²) in [7, 11) is 0. The van der Waals surface area contributed by atoms with E-state index in [1.807, 2.05) is 50.2 Å². The smallest absolute Gasteiger partial charge is 0.293 e. The molecule has 170 valence electrons. The third kappa shape index (κ3) is 5.29. The van der Waals surface area contributed by atoms with E-state index in [1.165, 1.54) is 4.90 Å². The van der Waals surface area contributed by atoms with E-state index in [4.69, 9.17) is 27.9 Å². The molecule has 5 nitrogen and oxygen atoms in total. The third-order valence-corrected chi connectivity index (χ3v) is 7.07. The van der Waals surface area contributed by atoms with Gasteiger partial charge in [0, 0.05) is 11.4 Å². The Kier molecular flexibility index (Phi) is 7.17. The van der Waals surface area contributed by atoms with Gasteiger partial charge < -0.3 is 9.30 Å². The van der Waals surface area contributed by atoms with Crippen molar-refractivity contribution in [1.29, 1.82) is 0 Å². The number of ether oxygens (including phenoxy) is 1. The molecule has 4 rings (SSSR count). The number of nitrogens with zero attached hydrogens (tertiary/aromatic N) is 2. The van der Waals surface area contributed by atoms with Crippen molar-refractivity contribution in [2.24, 2.45) is 0 Å². The maximum Gasteiger partial charge on any atom is 0.293 e. The monoisotopic (exact) mass is 500 g/mol. The maximum absolute atomic E-state index is 12.9. The summed E-state index contributed by atoms with van der Waals surface area (Å²) in [6.45, 7) is 5.37. The van der Waals surface area contributed by atoms with E-state index in [9.17, 15) is 9.59 Å². The number of aromatic nitrogens is 1. The molecule has 0 unspecified atom stereocenters. The third-order valence-electron chi connectivity index (χ3n) is 5.42. The second-order valence-corrected chi connectivity index (χ2v) is 9.46. The summed E-state index contributed by atoms with van der Waals surface area (Å²) in [5.41, 5.74) is 3.72. The number of halogens is 2. The van der Waals surface area contributed by atoms with Crippen LogP contribution in [0.25, 0.3) is 6.08 Å². The molecule has 2 aromatic carbocycles. The number of carbonyl (C=O) groups excluding carboxylic acids is 2. The van der Waals surface area contributed by atoms with Crippen molar-refractivity contribution in [3.8, 4) is 5.75 Å². The number of rotatable bonds is 7. The van der Waals surface area contributed by atoms with Crippen LogP contribution in [0.1, 0.15) is 22.5 Å². The molecule has 0 N–H and O–H groups in total. The zero-order valence-electron chi connectivity index (χ0n) is 18.2. The highest BCUT2D eigenvalue weighted by atomic mass is 35.5. The normalized spacial score (nSPS) is 15.0. The van der Waals surface area contributed by atoms with Crippen molar-refractivity contribution in [2.75, 3.05) is 6.61 Å². The van der Waals surface area contributed by atoms with Crippen LogP contribution in [0.15, 0.2) is 59.5 Å². The molecule has 0 spiro atoms. The van der Waals surface area contributed by atoms with Gasteiger partial charge in [0.15, 0.2) is 0 Å². The van der Waals surface area contributed by atoms with E-state index in [1.54, 1.807) is 24.3 Å². The lowest BCUT2D eigenvalue weighted by atomic mass is 10.2. The number of carbonyl (C=O) groups is 2. The number of para-hydroxylation sites is 1. The Morgan fingerprint density at radius 1 is 1.00 bits per heavy atom. The largest absolute Gasteiger partial charge is 0.492 e. The molecule has 1 saturated heterocycles. The Morgan fingerprint density at radius 2 is 1.76 bits per heavy atom. The first-order valence-corrected chi connectivity index (χ1v) is 11.9. The van der Waals surface area contributed by atoms with E-state index in [-0.39, 0.29) is 17.7 Å². The van der Waals surface area contributed by atoms with Crippen LogP contribution in [-0.4, -0.2) is 27.2 Å². The molecular weight excluding hydrogens is 479 g/mol. The Balaban J connectivity index is 1.47. The predicted molar refractivity (Wildman–Crippen MR) is 134 cm³/mol.